The Balaban J connectivity index is 2.72. The molecule has 2 aromatic carbocycles. The van der Waals surface area contributed by atoms with Crippen LogP contribution < -0.4 is 5.73 Å². The second-order valence-corrected chi connectivity index (χ2v) is 4.85. The molecule has 0 fully saturated rings. The molecule has 0 aliphatic carbocycles. The summed E-state index contributed by atoms with van der Waals surface area (Å²) in [4.78, 5) is 0. The van der Waals surface area contributed by atoms with Crippen molar-refractivity contribution >= 4 is 5.69 Å². The van der Waals surface area contributed by atoms with Gasteiger partial charge in [-0.1, -0.05) is 23.8 Å². The van der Waals surface area contributed by atoms with Gasteiger partial charge in [0.05, 0.1) is 0 Å². The van der Waals surface area contributed by atoms with Gasteiger partial charge in [-0.15, -0.1) is 0 Å². The van der Waals surface area contributed by atoms with Crippen LogP contribution in [-0.2, 0) is 0 Å². The van der Waals surface area contributed by atoms with Gasteiger partial charge in [-0.05, 0) is 67.6 Å². The number of hydrogen-bond acceptors (Lipinski definition) is 1. The fourth-order valence-corrected chi connectivity index (χ4v) is 2.51. The fourth-order valence-electron chi connectivity index (χ4n) is 2.51. The maximum absolute atomic E-state index is 5.89. The summed E-state index contributed by atoms with van der Waals surface area (Å²) >= 11 is 0. The van der Waals surface area contributed by atoms with Crippen molar-refractivity contribution in [2.24, 2.45) is 0 Å². The minimum absolute atomic E-state index is 0.824. The van der Waals surface area contributed by atoms with Gasteiger partial charge >= 0.3 is 0 Å². The first-order chi connectivity index (χ1) is 7.99. The predicted molar refractivity (Wildman–Crippen MR) is 75.2 cm³/mol. The van der Waals surface area contributed by atoms with Crippen molar-refractivity contribution < 1.29 is 0 Å². The number of anilines is 1. The van der Waals surface area contributed by atoms with E-state index >= 15 is 0 Å². The molecule has 0 heterocycles. The Kier molecular flexibility index (Phi) is 2.93. The molecule has 2 N–H and O–H groups in total. The Morgan fingerprint density at radius 2 is 1.35 bits per heavy atom. The largest absolute Gasteiger partial charge is 0.399 e. The van der Waals surface area contributed by atoms with E-state index in [0.717, 1.165) is 5.69 Å². The zero-order chi connectivity index (χ0) is 12.6. The average molecular weight is 225 g/mol. The van der Waals surface area contributed by atoms with Crippen molar-refractivity contribution in [3.8, 4) is 11.1 Å². The molecule has 17 heavy (non-hydrogen) atoms. The summed E-state index contributed by atoms with van der Waals surface area (Å²) in [7, 11) is 0. The Labute approximate surface area is 103 Å². The summed E-state index contributed by atoms with van der Waals surface area (Å²) in [5, 5.41) is 0. The van der Waals surface area contributed by atoms with Gasteiger partial charge in [0.2, 0.25) is 0 Å². The van der Waals surface area contributed by atoms with Gasteiger partial charge < -0.3 is 5.73 Å². The number of nitrogens with two attached hydrogens (primary N) is 1. The lowest BCUT2D eigenvalue weighted by molar-refractivity contribution is 1.31. The summed E-state index contributed by atoms with van der Waals surface area (Å²) in [6, 6.07) is 10.6. The van der Waals surface area contributed by atoms with E-state index in [9.17, 15) is 0 Å². The van der Waals surface area contributed by atoms with Crippen LogP contribution in [0, 0.1) is 27.7 Å². The van der Waals surface area contributed by atoms with Crippen LogP contribution in [0.5, 0.6) is 0 Å². The summed E-state index contributed by atoms with van der Waals surface area (Å²) in [5.74, 6) is 0. The standard InChI is InChI=1S/C16H19N/c1-10-7-12(3)16(13(4)8-10)15-9-14(17)6-5-11(15)2/h5-9H,17H2,1-4H3. The van der Waals surface area contributed by atoms with Crippen molar-refractivity contribution in [2.45, 2.75) is 27.7 Å². The molecule has 1 nitrogen and oxygen atoms in total. The van der Waals surface area contributed by atoms with Crippen LogP contribution in [0.3, 0.4) is 0 Å². The first-order valence-electron chi connectivity index (χ1n) is 5.93. The summed E-state index contributed by atoms with van der Waals surface area (Å²) < 4.78 is 0. The van der Waals surface area contributed by atoms with E-state index < -0.39 is 0 Å². The Hall–Kier alpha value is -1.76. The van der Waals surface area contributed by atoms with Crippen molar-refractivity contribution in [1.29, 1.82) is 0 Å². The second kappa shape index (κ2) is 4.25. The van der Waals surface area contributed by atoms with E-state index in [-0.39, 0.29) is 0 Å². The molecule has 2 rings (SSSR count). The van der Waals surface area contributed by atoms with Gasteiger partial charge in [0.15, 0.2) is 0 Å². The van der Waals surface area contributed by atoms with Crippen LogP contribution >= 0.6 is 0 Å². The van der Waals surface area contributed by atoms with Crippen LogP contribution in [0.1, 0.15) is 22.3 Å². The van der Waals surface area contributed by atoms with E-state index in [1.54, 1.807) is 0 Å². The van der Waals surface area contributed by atoms with Crippen molar-refractivity contribution in [1.82, 2.24) is 0 Å². The van der Waals surface area contributed by atoms with Gasteiger partial charge in [-0.25, -0.2) is 0 Å². The van der Waals surface area contributed by atoms with E-state index in [2.05, 4.69) is 52.0 Å². The lowest BCUT2D eigenvalue weighted by atomic mass is 9.91. The third-order valence-electron chi connectivity index (χ3n) is 3.21. The lowest BCUT2D eigenvalue weighted by Crippen LogP contribution is -1.94. The number of aryl methyl sites for hydroxylation is 4. The third kappa shape index (κ3) is 2.19. The Morgan fingerprint density at radius 3 is 1.94 bits per heavy atom. The minimum atomic E-state index is 0.824. The smallest absolute Gasteiger partial charge is 0.0320 e. The molecule has 0 bridgehead atoms. The van der Waals surface area contributed by atoms with E-state index in [4.69, 9.17) is 5.73 Å². The predicted octanol–water partition coefficient (Wildman–Crippen LogP) is 4.17. The molecule has 0 saturated carbocycles. The molecule has 0 saturated heterocycles. The van der Waals surface area contributed by atoms with Gasteiger partial charge in [0.1, 0.15) is 0 Å². The van der Waals surface area contributed by atoms with Gasteiger partial charge in [-0.2, -0.15) is 0 Å². The zero-order valence-corrected chi connectivity index (χ0v) is 11.0. The highest BCUT2D eigenvalue weighted by molar-refractivity contribution is 5.76. The molecule has 0 aromatic heterocycles. The van der Waals surface area contributed by atoms with Gasteiger partial charge in [-0.3, -0.25) is 0 Å². The first kappa shape index (κ1) is 11.7. The monoisotopic (exact) mass is 225 g/mol. The van der Waals surface area contributed by atoms with Crippen LogP contribution in [0.2, 0.25) is 0 Å². The van der Waals surface area contributed by atoms with E-state index in [0.29, 0.717) is 0 Å². The molecular formula is C16H19N. The summed E-state index contributed by atoms with van der Waals surface area (Å²) in [5.41, 5.74) is 14.5. The van der Waals surface area contributed by atoms with Crippen molar-refractivity contribution in [3.63, 3.8) is 0 Å². The fraction of sp³-hybridized carbons (Fsp3) is 0.250. The Morgan fingerprint density at radius 1 is 0.765 bits per heavy atom. The average Bonchev–Trinajstić information content (AvgIpc) is 2.21. The molecule has 88 valence electrons. The molecule has 2 aromatic rings. The molecule has 0 spiro atoms. The molecule has 0 aliphatic rings. The highest BCUT2D eigenvalue weighted by atomic mass is 14.5. The van der Waals surface area contributed by atoms with Crippen LogP contribution in [0.4, 0.5) is 5.69 Å². The van der Waals surface area contributed by atoms with Crippen LogP contribution in [0.15, 0.2) is 30.3 Å². The summed E-state index contributed by atoms with van der Waals surface area (Å²) in [6.07, 6.45) is 0. The van der Waals surface area contributed by atoms with Crippen LogP contribution in [-0.4, -0.2) is 0 Å². The van der Waals surface area contributed by atoms with Crippen molar-refractivity contribution in [3.05, 3.63) is 52.6 Å². The maximum Gasteiger partial charge on any atom is 0.0320 e. The number of hydrogen-bond donors (Lipinski definition) is 1. The number of benzene rings is 2. The lowest BCUT2D eigenvalue weighted by Gasteiger charge is -2.14. The molecule has 0 aliphatic heterocycles. The topological polar surface area (TPSA) is 26.0 Å². The van der Waals surface area contributed by atoms with Gasteiger partial charge in [0, 0.05) is 5.69 Å². The molecule has 1 heteroatoms. The zero-order valence-electron chi connectivity index (χ0n) is 11.0. The molecule has 0 unspecified atom stereocenters. The molecule has 0 atom stereocenters. The third-order valence-corrected chi connectivity index (χ3v) is 3.21. The highest BCUT2D eigenvalue weighted by Crippen LogP contribution is 2.32. The SMILES string of the molecule is Cc1cc(C)c(-c2cc(N)ccc2C)c(C)c1. The van der Waals surface area contributed by atoms with Crippen LogP contribution in [0.25, 0.3) is 11.1 Å². The molecular weight excluding hydrogens is 206 g/mol. The van der Waals surface area contributed by atoms with E-state index in [1.165, 1.54) is 33.4 Å². The second-order valence-electron chi connectivity index (χ2n) is 4.85. The molecule has 0 radical (unpaired) electrons. The van der Waals surface area contributed by atoms with Crippen molar-refractivity contribution in [2.75, 3.05) is 5.73 Å². The maximum atomic E-state index is 5.89. The highest BCUT2D eigenvalue weighted by Gasteiger charge is 2.09. The number of nitrogen functional groups attached to an aromatic ring is 1. The van der Waals surface area contributed by atoms with Gasteiger partial charge in [0.25, 0.3) is 0 Å². The normalized spacial score (nSPS) is 10.6. The number of rotatable bonds is 1. The summed E-state index contributed by atoms with van der Waals surface area (Å²) in [6.45, 7) is 8.60. The minimum Gasteiger partial charge on any atom is -0.399 e. The molecule has 0 amide bonds. The first-order valence-corrected chi connectivity index (χ1v) is 5.93. The quantitative estimate of drug-likeness (QED) is 0.724. The van der Waals surface area contributed by atoms with E-state index in [1.807, 2.05) is 6.07 Å². The Bertz CT molecular complexity index is 545.